The molecule has 0 saturated carbocycles. The first-order valence-electron chi connectivity index (χ1n) is 5.69. The van der Waals surface area contributed by atoms with Gasteiger partial charge in [-0.25, -0.2) is 0 Å². The fourth-order valence-electron chi connectivity index (χ4n) is 1.56. The monoisotopic (exact) mass is 206 g/mol. The van der Waals surface area contributed by atoms with Gasteiger partial charge in [0.1, 0.15) is 0 Å². The molecule has 0 aliphatic carbocycles. The molecule has 0 aliphatic heterocycles. The fraction of sp³-hybridized carbons (Fsp3) is 0.538. The minimum atomic E-state index is 0.730. The van der Waals surface area contributed by atoms with E-state index in [0.717, 1.165) is 25.4 Å². The van der Waals surface area contributed by atoms with Gasteiger partial charge in [-0.3, -0.25) is 0 Å². The zero-order valence-corrected chi connectivity index (χ0v) is 10.0. The lowest BCUT2D eigenvalue weighted by molar-refractivity contribution is 0.647. The van der Waals surface area contributed by atoms with Gasteiger partial charge in [0, 0.05) is 18.8 Å². The first kappa shape index (κ1) is 12.1. The number of hydrogen-bond donors (Lipinski definition) is 2. The number of rotatable bonds is 6. The third-order valence-corrected chi connectivity index (χ3v) is 2.30. The summed E-state index contributed by atoms with van der Waals surface area (Å²) in [6.07, 6.45) is 1.16. The molecule has 0 amide bonds. The van der Waals surface area contributed by atoms with Crippen LogP contribution in [0.5, 0.6) is 0 Å². The average molecular weight is 206 g/mol. The molecule has 0 bridgehead atoms. The second kappa shape index (κ2) is 6.46. The van der Waals surface area contributed by atoms with Crippen LogP contribution < -0.4 is 10.6 Å². The highest BCUT2D eigenvalue weighted by atomic mass is 14.9. The molecule has 2 heteroatoms. The first-order valence-corrected chi connectivity index (χ1v) is 5.69. The van der Waals surface area contributed by atoms with Crippen molar-refractivity contribution in [2.24, 2.45) is 5.92 Å². The van der Waals surface area contributed by atoms with E-state index < -0.39 is 0 Å². The largest absolute Gasteiger partial charge is 0.384 e. The van der Waals surface area contributed by atoms with Crippen molar-refractivity contribution in [3.8, 4) is 0 Å². The van der Waals surface area contributed by atoms with Crippen LogP contribution in [0.25, 0.3) is 0 Å². The van der Waals surface area contributed by atoms with Crippen LogP contribution in [0.4, 0.5) is 5.69 Å². The van der Waals surface area contributed by atoms with Gasteiger partial charge in [-0.2, -0.15) is 0 Å². The minimum absolute atomic E-state index is 0.730. The molecule has 1 aromatic carbocycles. The molecule has 0 aliphatic rings. The molecule has 1 aromatic rings. The van der Waals surface area contributed by atoms with Crippen molar-refractivity contribution in [1.29, 1.82) is 0 Å². The number of benzene rings is 1. The Kier molecular flexibility index (Phi) is 5.19. The van der Waals surface area contributed by atoms with Gasteiger partial charge in [-0.15, -0.1) is 0 Å². The van der Waals surface area contributed by atoms with E-state index in [4.69, 9.17) is 0 Å². The molecule has 15 heavy (non-hydrogen) atoms. The van der Waals surface area contributed by atoms with Crippen LogP contribution in [-0.2, 0) is 6.42 Å². The number of nitrogens with one attached hydrogen (secondary N) is 2. The van der Waals surface area contributed by atoms with E-state index in [2.05, 4.69) is 48.7 Å². The van der Waals surface area contributed by atoms with E-state index in [1.165, 1.54) is 11.3 Å². The summed E-state index contributed by atoms with van der Waals surface area (Å²) >= 11 is 0. The summed E-state index contributed by atoms with van der Waals surface area (Å²) in [5.41, 5.74) is 2.63. The smallest absolute Gasteiger partial charge is 0.0340 e. The van der Waals surface area contributed by atoms with Crippen molar-refractivity contribution in [2.75, 3.05) is 25.5 Å². The molecular weight excluding hydrogens is 184 g/mol. The summed E-state index contributed by atoms with van der Waals surface area (Å²) < 4.78 is 0. The minimum Gasteiger partial charge on any atom is -0.384 e. The Morgan fingerprint density at radius 1 is 1.07 bits per heavy atom. The zero-order valence-electron chi connectivity index (χ0n) is 10.0. The van der Waals surface area contributed by atoms with Crippen LogP contribution in [-0.4, -0.2) is 20.1 Å². The van der Waals surface area contributed by atoms with Gasteiger partial charge in [0.15, 0.2) is 0 Å². The molecule has 0 saturated heterocycles. The van der Waals surface area contributed by atoms with E-state index in [9.17, 15) is 0 Å². The Bertz CT molecular complexity index is 264. The van der Waals surface area contributed by atoms with E-state index in [-0.39, 0.29) is 0 Å². The molecule has 0 atom stereocenters. The third-order valence-electron chi connectivity index (χ3n) is 2.30. The summed E-state index contributed by atoms with van der Waals surface area (Å²) in [7, 11) is 1.97. The van der Waals surface area contributed by atoms with Gasteiger partial charge in [0.05, 0.1) is 0 Å². The van der Waals surface area contributed by atoms with Crippen LogP contribution in [0.3, 0.4) is 0 Å². The predicted molar refractivity (Wildman–Crippen MR) is 67.4 cm³/mol. The zero-order chi connectivity index (χ0) is 11.1. The van der Waals surface area contributed by atoms with Gasteiger partial charge in [0.25, 0.3) is 0 Å². The second-order valence-electron chi connectivity index (χ2n) is 4.33. The Morgan fingerprint density at radius 2 is 1.73 bits per heavy atom. The van der Waals surface area contributed by atoms with E-state index >= 15 is 0 Å². The SMILES string of the molecule is CNCCNc1ccc(CC(C)C)cc1. The van der Waals surface area contributed by atoms with Crippen molar-refractivity contribution in [2.45, 2.75) is 20.3 Å². The van der Waals surface area contributed by atoms with Crippen molar-refractivity contribution in [3.05, 3.63) is 29.8 Å². The highest BCUT2D eigenvalue weighted by molar-refractivity contribution is 5.44. The van der Waals surface area contributed by atoms with Crippen LogP contribution in [0.1, 0.15) is 19.4 Å². The molecule has 2 nitrogen and oxygen atoms in total. The van der Waals surface area contributed by atoms with E-state index in [0.29, 0.717) is 0 Å². The molecule has 84 valence electrons. The highest BCUT2D eigenvalue weighted by Gasteiger charge is 1.97. The predicted octanol–water partition coefficient (Wildman–Crippen LogP) is 2.52. The first-order chi connectivity index (χ1) is 7.22. The lowest BCUT2D eigenvalue weighted by atomic mass is 10.0. The van der Waals surface area contributed by atoms with Crippen molar-refractivity contribution < 1.29 is 0 Å². The maximum absolute atomic E-state index is 3.36. The van der Waals surface area contributed by atoms with Gasteiger partial charge in [-0.1, -0.05) is 26.0 Å². The molecule has 2 N–H and O–H groups in total. The van der Waals surface area contributed by atoms with Crippen molar-refractivity contribution in [1.82, 2.24) is 5.32 Å². The molecule has 1 rings (SSSR count). The molecule has 0 aromatic heterocycles. The summed E-state index contributed by atoms with van der Waals surface area (Å²) in [6.45, 7) is 6.46. The van der Waals surface area contributed by atoms with Crippen molar-refractivity contribution >= 4 is 5.69 Å². The lowest BCUT2D eigenvalue weighted by Gasteiger charge is -2.08. The van der Waals surface area contributed by atoms with E-state index in [1.54, 1.807) is 0 Å². The van der Waals surface area contributed by atoms with E-state index in [1.807, 2.05) is 7.05 Å². The fourth-order valence-corrected chi connectivity index (χ4v) is 1.56. The summed E-state index contributed by atoms with van der Waals surface area (Å²) in [5, 5.41) is 6.48. The summed E-state index contributed by atoms with van der Waals surface area (Å²) in [6, 6.07) is 8.74. The molecule has 0 spiro atoms. The number of likely N-dealkylation sites (N-methyl/N-ethyl adjacent to an activating group) is 1. The Labute approximate surface area is 93.1 Å². The van der Waals surface area contributed by atoms with Crippen LogP contribution in [0.2, 0.25) is 0 Å². The molecule has 0 fully saturated rings. The van der Waals surface area contributed by atoms with Gasteiger partial charge < -0.3 is 10.6 Å². The van der Waals surface area contributed by atoms with Crippen LogP contribution in [0, 0.1) is 5.92 Å². The standard InChI is InChI=1S/C13H22N2/c1-11(2)10-12-4-6-13(7-5-12)15-9-8-14-3/h4-7,11,14-15H,8-10H2,1-3H3. The van der Waals surface area contributed by atoms with Crippen molar-refractivity contribution in [3.63, 3.8) is 0 Å². The maximum Gasteiger partial charge on any atom is 0.0340 e. The molecule has 0 radical (unpaired) electrons. The maximum atomic E-state index is 3.36. The third kappa shape index (κ3) is 4.84. The van der Waals surface area contributed by atoms with Crippen LogP contribution >= 0.6 is 0 Å². The Morgan fingerprint density at radius 3 is 2.27 bits per heavy atom. The molecule has 0 unspecified atom stereocenters. The van der Waals surface area contributed by atoms with Crippen LogP contribution in [0.15, 0.2) is 24.3 Å². The second-order valence-corrected chi connectivity index (χ2v) is 4.33. The topological polar surface area (TPSA) is 24.1 Å². The average Bonchev–Trinajstić information content (AvgIpc) is 2.20. The van der Waals surface area contributed by atoms with Gasteiger partial charge in [-0.05, 0) is 37.1 Å². The molecule has 0 heterocycles. The quantitative estimate of drug-likeness (QED) is 0.699. The lowest BCUT2D eigenvalue weighted by Crippen LogP contribution is -2.17. The normalized spacial score (nSPS) is 10.7. The highest BCUT2D eigenvalue weighted by Crippen LogP contribution is 2.12. The number of anilines is 1. The summed E-state index contributed by atoms with van der Waals surface area (Å²) in [4.78, 5) is 0. The number of hydrogen-bond acceptors (Lipinski definition) is 2. The molecular formula is C13H22N2. The van der Waals surface area contributed by atoms with Gasteiger partial charge in [0.2, 0.25) is 0 Å². The Balaban J connectivity index is 2.42. The summed E-state index contributed by atoms with van der Waals surface area (Å²) in [5.74, 6) is 0.730. The Hall–Kier alpha value is -1.02. The van der Waals surface area contributed by atoms with Gasteiger partial charge >= 0.3 is 0 Å².